The molecule has 150 valence electrons. The smallest absolute Gasteiger partial charge is 0.342 e. The van der Waals surface area contributed by atoms with Crippen LogP contribution >= 0.6 is 0 Å². The first kappa shape index (κ1) is 20.8. The molecule has 0 aromatic heterocycles. The topological polar surface area (TPSA) is 117 Å². The Balaban J connectivity index is 2.04. The zero-order valence-corrected chi connectivity index (χ0v) is 16.5. The maximum atomic E-state index is 12.3. The van der Waals surface area contributed by atoms with Gasteiger partial charge in [0.05, 0.1) is 38.4 Å². The van der Waals surface area contributed by atoms with Crippen LogP contribution in [-0.4, -0.2) is 65.3 Å². The van der Waals surface area contributed by atoms with Crippen LogP contribution in [0.25, 0.3) is 0 Å². The van der Waals surface area contributed by atoms with Gasteiger partial charge in [0, 0.05) is 12.1 Å². The lowest BCUT2D eigenvalue weighted by Gasteiger charge is -2.23. The Hall–Kier alpha value is -2.49. The van der Waals surface area contributed by atoms with E-state index in [0.29, 0.717) is 17.9 Å². The second-order valence-electron chi connectivity index (χ2n) is 6.43. The van der Waals surface area contributed by atoms with Gasteiger partial charge in [0.1, 0.15) is 11.3 Å². The molecular formula is C17H23NO8S. The summed E-state index contributed by atoms with van der Waals surface area (Å²) in [5.41, 5.74) is -0.791. The minimum Gasteiger partial charge on any atom is -0.496 e. The predicted molar refractivity (Wildman–Crippen MR) is 96.2 cm³/mol. The van der Waals surface area contributed by atoms with Gasteiger partial charge in [-0.25, -0.2) is 13.2 Å². The van der Waals surface area contributed by atoms with Crippen molar-refractivity contribution in [3.8, 4) is 17.2 Å². The lowest BCUT2D eigenvalue weighted by Crippen LogP contribution is -2.48. The van der Waals surface area contributed by atoms with E-state index in [4.69, 9.17) is 18.9 Å². The third kappa shape index (κ3) is 5.03. The Bertz CT molecular complexity index is 836. The molecule has 0 bridgehead atoms. The van der Waals surface area contributed by atoms with Crippen LogP contribution in [0, 0.1) is 0 Å². The average molecular weight is 401 g/mol. The summed E-state index contributed by atoms with van der Waals surface area (Å²) in [5.74, 6) is -0.603. The van der Waals surface area contributed by atoms with Crippen LogP contribution in [0.4, 0.5) is 0 Å². The normalized spacial score (nSPS) is 20.6. The number of rotatable bonds is 7. The van der Waals surface area contributed by atoms with Crippen molar-refractivity contribution in [1.29, 1.82) is 0 Å². The van der Waals surface area contributed by atoms with E-state index in [9.17, 15) is 18.0 Å². The van der Waals surface area contributed by atoms with Crippen molar-refractivity contribution < 1.29 is 37.0 Å². The van der Waals surface area contributed by atoms with Gasteiger partial charge >= 0.3 is 5.97 Å². The average Bonchev–Trinajstić information content (AvgIpc) is 2.90. The highest BCUT2D eigenvalue weighted by molar-refractivity contribution is 7.91. The Labute approximate surface area is 157 Å². The highest BCUT2D eigenvalue weighted by atomic mass is 32.2. The predicted octanol–water partition coefficient (Wildman–Crippen LogP) is 0.563. The standard InChI is InChI=1S/C17H23NO8S/c1-17(5-6-27(21,22)10-17)18-15(19)9-26-16(20)11-7-13(24-3)14(25-4)8-12(11)23-2/h7-8H,5-6,9-10H2,1-4H3,(H,18,19)/t17-/m0/s1. The minimum absolute atomic E-state index is 0.0202. The Morgan fingerprint density at radius 3 is 2.19 bits per heavy atom. The van der Waals surface area contributed by atoms with Crippen molar-refractivity contribution in [1.82, 2.24) is 5.32 Å². The van der Waals surface area contributed by atoms with Gasteiger partial charge in [-0.1, -0.05) is 0 Å². The summed E-state index contributed by atoms with van der Waals surface area (Å²) in [6.07, 6.45) is 0.318. The zero-order chi connectivity index (χ0) is 20.2. The lowest BCUT2D eigenvalue weighted by atomic mass is 10.0. The van der Waals surface area contributed by atoms with Crippen LogP contribution in [0.2, 0.25) is 0 Å². The fourth-order valence-electron chi connectivity index (χ4n) is 2.88. The second kappa shape index (κ2) is 8.03. The van der Waals surface area contributed by atoms with E-state index in [0.717, 1.165) is 0 Å². The third-order valence-electron chi connectivity index (χ3n) is 4.20. The molecular weight excluding hydrogens is 378 g/mol. The van der Waals surface area contributed by atoms with Crippen molar-refractivity contribution in [3.63, 3.8) is 0 Å². The molecule has 0 aliphatic carbocycles. The Morgan fingerprint density at radius 2 is 1.67 bits per heavy atom. The Morgan fingerprint density at radius 1 is 1.07 bits per heavy atom. The summed E-state index contributed by atoms with van der Waals surface area (Å²) in [6.45, 7) is 1.10. The first-order chi connectivity index (χ1) is 12.6. The summed E-state index contributed by atoms with van der Waals surface area (Å²) in [7, 11) is 1.09. The number of benzene rings is 1. The maximum absolute atomic E-state index is 12.3. The summed E-state index contributed by atoms with van der Waals surface area (Å²) < 4.78 is 43.7. The number of amides is 1. The van der Waals surface area contributed by atoms with Gasteiger partial charge < -0.3 is 24.3 Å². The number of carbonyl (C=O) groups is 2. The monoisotopic (exact) mass is 401 g/mol. The fraction of sp³-hybridized carbons (Fsp3) is 0.529. The summed E-state index contributed by atoms with van der Waals surface area (Å²) >= 11 is 0. The highest BCUT2D eigenvalue weighted by Gasteiger charge is 2.39. The number of esters is 1. The Kier molecular flexibility index (Phi) is 6.19. The van der Waals surface area contributed by atoms with Crippen molar-refractivity contribution in [2.45, 2.75) is 18.9 Å². The molecule has 0 unspecified atom stereocenters. The first-order valence-corrected chi connectivity index (χ1v) is 9.94. The summed E-state index contributed by atoms with van der Waals surface area (Å²) in [4.78, 5) is 24.4. The molecule has 1 aliphatic heterocycles. The van der Waals surface area contributed by atoms with Crippen LogP contribution in [0.15, 0.2) is 12.1 Å². The van der Waals surface area contributed by atoms with Gasteiger partial charge in [0.25, 0.3) is 5.91 Å². The molecule has 1 heterocycles. The molecule has 27 heavy (non-hydrogen) atoms. The number of sulfone groups is 1. The van der Waals surface area contributed by atoms with E-state index in [1.807, 2.05) is 0 Å². The molecule has 1 aromatic carbocycles. The highest BCUT2D eigenvalue weighted by Crippen LogP contribution is 2.34. The largest absolute Gasteiger partial charge is 0.496 e. The minimum atomic E-state index is -3.16. The summed E-state index contributed by atoms with van der Waals surface area (Å²) in [5, 5.41) is 2.62. The second-order valence-corrected chi connectivity index (χ2v) is 8.62. The fourth-order valence-corrected chi connectivity index (χ4v) is 4.97. The van der Waals surface area contributed by atoms with E-state index in [1.165, 1.54) is 33.5 Å². The van der Waals surface area contributed by atoms with Crippen LogP contribution in [0.3, 0.4) is 0 Å². The molecule has 1 N–H and O–H groups in total. The molecule has 10 heteroatoms. The third-order valence-corrected chi connectivity index (χ3v) is 6.11. The van der Waals surface area contributed by atoms with Crippen molar-refractivity contribution in [3.05, 3.63) is 17.7 Å². The number of nitrogens with one attached hydrogen (secondary N) is 1. The SMILES string of the molecule is COc1cc(OC)c(C(=O)OCC(=O)N[C@@]2(C)CCS(=O)(=O)C2)cc1OC. The van der Waals surface area contributed by atoms with Gasteiger partial charge in [-0.15, -0.1) is 0 Å². The van der Waals surface area contributed by atoms with Crippen molar-refractivity contribution in [2.75, 3.05) is 39.4 Å². The molecule has 1 atom stereocenters. The number of methoxy groups -OCH3 is 3. The molecule has 1 aromatic rings. The lowest BCUT2D eigenvalue weighted by molar-refractivity contribution is -0.125. The molecule has 1 saturated heterocycles. The van der Waals surface area contributed by atoms with Gasteiger partial charge in [0.2, 0.25) is 0 Å². The van der Waals surface area contributed by atoms with Gasteiger partial charge in [-0.05, 0) is 13.3 Å². The quantitative estimate of drug-likeness (QED) is 0.659. The number of carbonyl (C=O) groups excluding carboxylic acids is 2. The van der Waals surface area contributed by atoms with E-state index in [-0.39, 0.29) is 22.8 Å². The van der Waals surface area contributed by atoms with E-state index in [2.05, 4.69) is 5.32 Å². The molecule has 1 fully saturated rings. The zero-order valence-electron chi connectivity index (χ0n) is 15.7. The van der Waals surface area contributed by atoms with E-state index < -0.39 is 33.9 Å². The van der Waals surface area contributed by atoms with Crippen LogP contribution in [-0.2, 0) is 19.4 Å². The number of hydrogen-bond donors (Lipinski definition) is 1. The number of hydrogen-bond acceptors (Lipinski definition) is 8. The van der Waals surface area contributed by atoms with Crippen molar-refractivity contribution in [2.24, 2.45) is 0 Å². The van der Waals surface area contributed by atoms with Gasteiger partial charge in [-0.2, -0.15) is 0 Å². The molecule has 1 amide bonds. The molecule has 1 aliphatic rings. The molecule has 2 rings (SSSR count). The van der Waals surface area contributed by atoms with Crippen LogP contribution in [0.5, 0.6) is 17.2 Å². The van der Waals surface area contributed by atoms with Gasteiger partial charge in [-0.3, -0.25) is 4.79 Å². The maximum Gasteiger partial charge on any atom is 0.342 e. The molecule has 0 saturated carbocycles. The molecule has 0 spiro atoms. The van der Waals surface area contributed by atoms with Crippen LogP contribution < -0.4 is 19.5 Å². The first-order valence-electron chi connectivity index (χ1n) is 8.11. The summed E-state index contributed by atoms with van der Waals surface area (Å²) in [6, 6.07) is 2.86. The van der Waals surface area contributed by atoms with Crippen LogP contribution in [0.1, 0.15) is 23.7 Å². The van der Waals surface area contributed by atoms with Crippen molar-refractivity contribution >= 4 is 21.7 Å². The number of ether oxygens (including phenoxy) is 4. The van der Waals surface area contributed by atoms with E-state index >= 15 is 0 Å². The van der Waals surface area contributed by atoms with E-state index in [1.54, 1.807) is 6.92 Å². The molecule has 9 nitrogen and oxygen atoms in total. The molecule has 0 radical (unpaired) electrons. The van der Waals surface area contributed by atoms with Gasteiger partial charge in [0.15, 0.2) is 27.9 Å².